The third kappa shape index (κ3) is 18.8. The van der Waals surface area contributed by atoms with E-state index in [-0.39, 0.29) is 25.6 Å². The molecule has 0 fully saturated rings. The molecule has 0 bridgehead atoms. The number of hydrogen-bond donors (Lipinski definition) is 1. The highest BCUT2D eigenvalue weighted by molar-refractivity contribution is 5.01. The van der Waals surface area contributed by atoms with Crippen LogP contribution < -0.4 is 0 Å². The Morgan fingerprint density at radius 2 is 0.729 bits per heavy atom. The van der Waals surface area contributed by atoms with Gasteiger partial charge in [-0.1, -0.05) is 89.9 Å². The summed E-state index contributed by atoms with van der Waals surface area (Å²) in [6.07, 6.45) is -9.74. The molecule has 0 aromatic carbocycles. The monoisotopic (exact) mass is 908 g/mol. The lowest BCUT2D eigenvalue weighted by Gasteiger charge is -2.33. The van der Waals surface area contributed by atoms with Crippen molar-refractivity contribution >= 4 is 0 Å². The summed E-state index contributed by atoms with van der Waals surface area (Å²) in [6, 6.07) is 0. The Morgan fingerprint density at radius 1 is 0.424 bits per heavy atom. The summed E-state index contributed by atoms with van der Waals surface area (Å²) < 4.78 is 245. The Morgan fingerprint density at radius 3 is 1.05 bits per heavy atom. The Hall–Kier alpha value is -1.42. The summed E-state index contributed by atoms with van der Waals surface area (Å²) in [5.41, 5.74) is 0. The summed E-state index contributed by atoms with van der Waals surface area (Å²) in [6.45, 7) is 2.14. The molecular weight excluding hydrogens is 848 g/mol. The highest BCUT2D eigenvalue weighted by Gasteiger charge is 2.82. The van der Waals surface area contributed by atoms with Crippen LogP contribution in [0.4, 0.5) is 79.0 Å². The van der Waals surface area contributed by atoms with Gasteiger partial charge in [0.1, 0.15) is 19.2 Å². The predicted octanol–water partition coefficient (Wildman–Crippen LogP) is 13.2. The topological polar surface area (TPSA) is 38.7 Å². The van der Waals surface area contributed by atoms with Crippen LogP contribution in [0.5, 0.6) is 0 Å². The molecule has 0 spiro atoms. The maximum atomic E-state index is 13.6. The van der Waals surface area contributed by atoms with E-state index in [4.69, 9.17) is 9.47 Å². The van der Waals surface area contributed by atoms with Crippen LogP contribution in [0.3, 0.4) is 0 Å². The molecule has 4 nitrogen and oxygen atoms in total. The van der Waals surface area contributed by atoms with Crippen molar-refractivity contribution in [2.24, 2.45) is 0 Å². The van der Waals surface area contributed by atoms with Gasteiger partial charge in [-0.25, -0.2) is 0 Å². The zero-order valence-corrected chi connectivity index (χ0v) is 33.5. The minimum Gasteiger partial charge on any atom is -0.391 e. The molecule has 0 aliphatic rings. The molecule has 59 heavy (non-hydrogen) atoms. The summed E-state index contributed by atoms with van der Waals surface area (Å²) in [5.74, 6) is -38.0. The van der Waals surface area contributed by atoms with Gasteiger partial charge in [-0.3, -0.25) is 0 Å². The second-order valence-corrected chi connectivity index (χ2v) is 15.7. The first-order valence-corrected chi connectivity index (χ1v) is 19.9. The largest absolute Gasteiger partial charge is 0.460 e. The third-order valence-corrected chi connectivity index (χ3v) is 9.89. The fourth-order valence-electron chi connectivity index (χ4n) is 6.14. The number of ether oxygens (including phenoxy) is 2. The molecule has 0 rings (SSSR count). The maximum absolute atomic E-state index is 13.6. The lowest BCUT2D eigenvalue weighted by Crippen LogP contribution is -2.60. The first kappa shape index (κ1) is 57.6. The van der Waals surface area contributed by atoms with Crippen LogP contribution in [-0.4, -0.2) is 117 Å². The van der Waals surface area contributed by atoms with Crippen LogP contribution in [-0.2, 0) is 9.47 Å². The molecule has 0 aromatic heterocycles. The zero-order valence-electron chi connectivity index (χ0n) is 33.5. The number of quaternary nitrogens is 1. The molecule has 0 aliphatic heterocycles. The van der Waals surface area contributed by atoms with Crippen molar-refractivity contribution in [2.45, 2.75) is 182 Å². The molecule has 0 saturated heterocycles. The van der Waals surface area contributed by atoms with Crippen LogP contribution in [0, 0.1) is 0 Å². The number of hydrogen-bond acceptors (Lipinski definition) is 3. The van der Waals surface area contributed by atoms with E-state index in [1.807, 2.05) is 14.1 Å². The molecule has 0 saturated carbocycles. The van der Waals surface area contributed by atoms with Gasteiger partial charge in [0.15, 0.2) is 0 Å². The molecule has 0 radical (unpaired) electrons. The van der Waals surface area contributed by atoms with Crippen molar-refractivity contribution in [3.05, 3.63) is 0 Å². The van der Waals surface area contributed by atoms with E-state index in [1.54, 1.807) is 0 Å². The van der Waals surface area contributed by atoms with E-state index >= 15 is 0 Å². The molecule has 0 heterocycles. The number of likely N-dealkylation sites (N-methyl/N-ethyl adjacent to an activating group) is 1. The van der Waals surface area contributed by atoms with Gasteiger partial charge in [-0.15, -0.1) is 0 Å². The molecule has 0 aromatic rings. The number of unbranched alkanes of at least 4 members (excludes halogenated alkanes) is 16. The second kappa shape index (κ2) is 25.0. The van der Waals surface area contributed by atoms with E-state index in [9.17, 15) is 84.1 Å². The summed E-state index contributed by atoms with van der Waals surface area (Å²) in [5, 5.41) is 9.38. The molecular formula is C37H60F18NO3+. The fourth-order valence-corrected chi connectivity index (χ4v) is 6.14. The number of nitrogens with zero attached hydrogens (tertiary/aromatic N) is 1. The Bertz CT molecular complexity index is 1120. The summed E-state index contributed by atoms with van der Waals surface area (Å²) in [4.78, 5) is 0. The first-order valence-electron chi connectivity index (χ1n) is 19.9. The predicted molar refractivity (Wildman–Crippen MR) is 184 cm³/mol. The average Bonchev–Trinajstić information content (AvgIpc) is 3.08. The lowest BCUT2D eigenvalue weighted by atomic mass is 9.97. The Kier molecular flexibility index (Phi) is 24.4. The van der Waals surface area contributed by atoms with Gasteiger partial charge in [0, 0.05) is 26.1 Å². The minimum absolute atomic E-state index is 0.0361. The Balaban J connectivity index is 4.24. The van der Waals surface area contributed by atoms with Crippen molar-refractivity contribution in [2.75, 3.05) is 53.6 Å². The SMILES string of the molecule is C[N+](C)(CCO)CC(COCCCCCCCCCCCC(F)(F)C(F)(F)C(F)(F)C(F)(F)F)OCCCCCCCCCCCC(F)(F)C(F)(F)C(F)(F)C(F)(F)F. The molecule has 0 aliphatic carbocycles. The summed E-state index contributed by atoms with van der Waals surface area (Å²) >= 11 is 0. The zero-order chi connectivity index (χ0) is 45.9. The Labute approximate surface area is 334 Å². The van der Waals surface area contributed by atoms with Crippen LogP contribution >= 0.6 is 0 Å². The molecule has 356 valence electrons. The van der Waals surface area contributed by atoms with Crippen molar-refractivity contribution in [1.82, 2.24) is 0 Å². The van der Waals surface area contributed by atoms with Crippen molar-refractivity contribution < 1.29 is 98.1 Å². The highest BCUT2D eigenvalue weighted by atomic mass is 19.4. The number of halogens is 18. The quantitative estimate of drug-likeness (QED) is 0.0391. The highest BCUT2D eigenvalue weighted by Crippen LogP contribution is 2.55. The van der Waals surface area contributed by atoms with Gasteiger partial charge in [-0.2, -0.15) is 79.0 Å². The normalized spacial score (nSPS) is 15.0. The third-order valence-electron chi connectivity index (χ3n) is 9.89. The van der Waals surface area contributed by atoms with Crippen molar-refractivity contribution in [3.8, 4) is 0 Å². The van der Waals surface area contributed by atoms with Gasteiger partial charge in [0.2, 0.25) is 0 Å². The molecule has 1 unspecified atom stereocenters. The number of aliphatic hydroxyl groups excluding tert-OH is 1. The van der Waals surface area contributed by atoms with E-state index in [2.05, 4.69) is 0 Å². The van der Waals surface area contributed by atoms with Gasteiger partial charge in [0.05, 0.1) is 27.3 Å². The maximum Gasteiger partial charge on any atom is 0.460 e. The van der Waals surface area contributed by atoms with Crippen LogP contribution in [0.1, 0.15) is 128 Å². The van der Waals surface area contributed by atoms with E-state index in [1.165, 1.54) is 0 Å². The van der Waals surface area contributed by atoms with Gasteiger partial charge in [-0.05, 0) is 25.7 Å². The van der Waals surface area contributed by atoms with E-state index in [0.29, 0.717) is 82.3 Å². The summed E-state index contributed by atoms with van der Waals surface area (Å²) in [7, 11) is 3.85. The molecule has 1 atom stereocenters. The lowest BCUT2D eigenvalue weighted by molar-refractivity contribution is -0.893. The smallest absolute Gasteiger partial charge is 0.391 e. The van der Waals surface area contributed by atoms with Crippen molar-refractivity contribution in [3.63, 3.8) is 0 Å². The fraction of sp³-hybridized carbons (Fsp3) is 1.00. The standard InChI is InChI=1S/C37H60F18NO3/c1-56(2,23-24-57)27-29(59-26-20-16-12-8-4-6-10-14-18-22-31(40,41)33(44,45)35(48,49)37(53,54)55)28-58-25-19-15-11-7-3-5-9-13-17-21-30(38,39)32(42,43)34(46,47)36(50,51)52/h29,57H,3-28H2,1-2H3/q+1. The second-order valence-electron chi connectivity index (χ2n) is 15.7. The first-order chi connectivity index (χ1) is 26.8. The number of alkyl halides is 18. The van der Waals surface area contributed by atoms with Crippen molar-refractivity contribution in [1.29, 1.82) is 0 Å². The van der Waals surface area contributed by atoms with Crippen LogP contribution in [0.2, 0.25) is 0 Å². The van der Waals surface area contributed by atoms with Gasteiger partial charge in [0.25, 0.3) is 0 Å². The van der Waals surface area contributed by atoms with E-state index < -0.39 is 73.6 Å². The van der Waals surface area contributed by atoms with Crippen LogP contribution in [0.25, 0.3) is 0 Å². The number of aliphatic hydroxyl groups is 1. The molecule has 22 heteroatoms. The molecule has 0 amide bonds. The molecule has 1 N–H and O–H groups in total. The van der Waals surface area contributed by atoms with Gasteiger partial charge >= 0.3 is 47.9 Å². The minimum atomic E-state index is -6.87. The van der Waals surface area contributed by atoms with Crippen LogP contribution in [0.15, 0.2) is 0 Å². The number of rotatable bonds is 35. The van der Waals surface area contributed by atoms with Gasteiger partial charge < -0.3 is 19.1 Å². The van der Waals surface area contributed by atoms with E-state index in [0.717, 1.165) is 44.9 Å². The average molecular weight is 909 g/mol.